The number of carbonyl (C=O) groups excluding carboxylic acids is 1. The fraction of sp³-hybridized carbons (Fsp3) is 0.467. The van der Waals surface area contributed by atoms with E-state index in [2.05, 4.69) is 10.3 Å². The Kier molecular flexibility index (Phi) is 9.63. The van der Waals surface area contributed by atoms with Crippen LogP contribution in [-0.4, -0.2) is 52.0 Å². The second-order valence-electron chi connectivity index (χ2n) is 4.31. The van der Waals surface area contributed by atoms with Crippen LogP contribution in [0.2, 0.25) is 10.0 Å². The van der Waals surface area contributed by atoms with Crippen molar-refractivity contribution < 1.29 is 19.0 Å². The van der Waals surface area contributed by atoms with Crippen molar-refractivity contribution >= 4 is 35.1 Å². The highest BCUT2D eigenvalue weighted by Crippen LogP contribution is 2.22. The van der Waals surface area contributed by atoms with Crippen LogP contribution < -0.4 is 5.32 Å². The molecule has 0 saturated carbocycles. The number of amidine groups is 1. The molecule has 0 aliphatic rings. The molecule has 8 heteroatoms. The van der Waals surface area contributed by atoms with E-state index in [1.807, 2.05) is 6.92 Å². The van der Waals surface area contributed by atoms with Gasteiger partial charge < -0.3 is 14.2 Å². The van der Waals surface area contributed by atoms with E-state index in [0.29, 0.717) is 42.0 Å². The molecule has 0 aliphatic heterocycles. The molecule has 0 aromatic heterocycles. The summed E-state index contributed by atoms with van der Waals surface area (Å²) in [6.07, 6.45) is 0. The number of carbonyl (C=O) groups is 1. The summed E-state index contributed by atoms with van der Waals surface area (Å²) in [4.78, 5) is 16.3. The van der Waals surface area contributed by atoms with Gasteiger partial charge in [-0.1, -0.05) is 23.2 Å². The predicted molar refractivity (Wildman–Crippen MR) is 90.6 cm³/mol. The third-order valence-electron chi connectivity index (χ3n) is 2.62. The Morgan fingerprint density at radius 1 is 1.22 bits per heavy atom. The Morgan fingerprint density at radius 2 is 2.00 bits per heavy atom. The minimum atomic E-state index is -0.392. The van der Waals surface area contributed by atoms with Crippen LogP contribution >= 0.6 is 23.2 Å². The predicted octanol–water partition coefficient (Wildman–Crippen LogP) is 2.78. The summed E-state index contributed by atoms with van der Waals surface area (Å²) in [7, 11) is 1.57. The molecule has 1 rings (SSSR count). The van der Waals surface area contributed by atoms with Crippen LogP contribution in [0.25, 0.3) is 0 Å². The first kappa shape index (κ1) is 19.7. The number of nitrogens with one attached hydrogen (secondary N) is 1. The molecule has 6 nitrogen and oxygen atoms in total. The lowest BCUT2D eigenvalue weighted by Gasteiger charge is -2.11. The van der Waals surface area contributed by atoms with Gasteiger partial charge in [-0.3, -0.25) is 10.1 Å². The van der Waals surface area contributed by atoms with Gasteiger partial charge in [0, 0.05) is 19.3 Å². The van der Waals surface area contributed by atoms with Crippen LogP contribution in [0.3, 0.4) is 0 Å². The molecule has 0 atom stereocenters. The van der Waals surface area contributed by atoms with Crippen LogP contribution in [0.1, 0.15) is 17.3 Å². The van der Waals surface area contributed by atoms with E-state index in [-0.39, 0.29) is 12.6 Å². The zero-order valence-electron chi connectivity index (χ0n) is 13.1. The zero-order chi connectivity index (χ0) is 17.1. The molecule has 0 unspecified atom stereocenters. The monoisotopic (exact) mass is 362 g/mol. The smallest absolute Gasteiger partial charge is 0.291 e. The molecule has 0 spiro atoms. The van der Waals surface area contributed by atoms with Crippen LogP contribution in [0.5, 0.6) is 0 Å². The number of methoxy groups -OCH3 is 1. The van der Waals surface area contributed by atoms with Crippen molar-refractivity contribution in [1.29, 1.82) is 0 Å². The van der Waals surface area contributed by atoms with Crippen LogP contribution in [0, 0.1) is 0 Å². The largest absolute Gasteiger partial charge is 0.463 e. The van der Waals surface area contributed by atoms with Crippen molar-refractivity contribution in [3.63, 3.8) is 0 Å². The van der Waals surface area contributed by atoms with E-state index < -0.39 is 5.91 Å². The minimum absolute atomic E-state index is 0.109. The zero-order valence-corrected chi connectivity index (χ0v) is 14.6. The highest BCUT2D eigenvalue weighted by Gasteiger charge is 2.11. The van der Waals surface area contributed by atoms with E-state index in [9.17, 15) is 4.79 Å². The van der Waals surface area contributed by atoms with Gasteiger partial charge in [0.1, 0.15) is 6.61 Å². The number of benzene rings is 1. The summed E-state index contributed by atoms with van der Waals surface area (Å²) >= 11 is 11.7. The molecule has 1 aromatic rings. The molecule has 1 amide bonds. The summed E-state index contributed by atoms with van der Waals surface area (Å²) in [5.74, 6) is -0.392. The fourth-order valence-corrected chi connectivity index (χ4v) is 1.81. The third kappa shape index (κ3) is 7.65. The number of rotatable bonds is 8. The lowest BCUT2D eigenvalue weighted by molar-refractivity contribution is 0.0921. The first-order valence-electron chi connectivity index (χ1n) is 7.08. The van der Waals surface area contributed by atoms with Gasteiger partial charge in [-0.15, -0.1) is 0 Å². The molecule has 23 heavy (non-hydrogen) atoms. The van der Waals surface area contributed by atoms with E-state index in [4.69, 9.17) is 37.4 Å². The molecule has 0 aliphatic carbocycles. The molecule has 0 fully saturated rings. The second kappa shape index (κ2) is 11.2. The molecule has 0 radical (unpaired) electrons. The Bertz CT molecular complexity index is 538. The fourth-order valence-electron chi connectivity index (χ4n) is 1.51. The van der Waals surface area contributed by atoms with Crippen molar-refractivity contribution in [1.82, 2.24) is 5.32 Å². The average Bonchev–Trinajstić information content (AvgIpc) is 2.54. The van der Waals surface area contributed by atoms with Crippen molar-refractivity contribution in [2.24, 2.45) is 4.99 Å². The molecule has 0 heterocycles. The summed E-state index contributed by atoms with van der Waals surface area (Å²) < 4.78 is 15.5. The number of nitrogens with zero attached hydrogens (tertiary/aromatic N) is 1. The normalized spacial score (nSPS) is 11.4. The number of ether oxygens (including phenoxy) is 3. The van der Waals surface area contributed by atoms with Crippen LogP contribution in [-0.2, 0) is 14.2 Å². The number of hydrogen-bond donors (Lipinski definition) is 1. The van der Waals surface area contributed by atoms with Crippen molar-refractivity contribution in [2.75, 3.05) is 40.1 Å². The topological polar surface area (TPSA) is 69.2 Å². The molecule has 0 saturated heterocycles. The van der Waals surface area contributed by atoms with Gasteiger partial charge in [0.2, 0.25) is 0 Å². The van der Waals surface area contributed by atoms with E-state index in [1.165, 1.54) is 6.07 Å². The van der Waals surface area contributed by atoms with Gasteiger partial charge in [0.05, 0.1) is 29.8 Å². The Labute approximate surface area is 145 Å². The minimum Gasteiger partial charge on any atom is -0.463 e. The molecule has 128 valence electrons. The molecule has 1 aromatic carbocycles. The standard InChI is InChI=1S/C15H20Cl2N2O4/c1-3-22-8-9-23-15(18-6-7-21-2)19-14(20)11-4-5-12(16)13(17)10-11/h4-5,10H,3,6-9H2,1-2H3,(H,18,19,20). The van der Waals surface area contributed by atoms with Gasteiger partial charge in [-0.2, -0.15) is 0 Å². The Hall–Kier alpha value is -1.34. The number of aliphatic imine (C=N–C) groups is 1. The highest BCUT2D eigenvalue weighted by molar-refractivity contribution is 6.42. The maximum absolute atomic E-state index is 12.2. The molecule has 1 N–H and O–H groups in total. The quantitative estimate of drug-likeness (QED) is 0.438. The van der Waals surface area contributed by atoms with Gasteiger partial charge in [0.25, 0.3) is 11.9 Å². The van der Waals surface area contributed by atoms with Gasteiger partial charge in [-0.05, 0) is 25.1 Å². The lowest BCUT2D eigenvalue weighted by Crippen LogP contribution is -2.33. The number of hydrogen-bond acceptors (Lipinski definition) is 5. The first-order valence-corrected chi connectivity index (χ1v) is 7.84. The van der Waals surface area contributed by atoms with Gasteiger partial charge in [-0.25, -0.2) is 4.99 Å². The van der Waals surface area contributed by atoms with Crippen LogP contribution in [0.4, 0.5) is 0 Å². The molecular formula is C15H20Cl2N2O4. The maximum Gasteiger partial charge on any atom is 0.291 e. The maximum atomic E-state index is 12.2. The van der Waals surface area contributed by atoms with E-state index in [0.717, 1.165) is 0 Å². The first-order chi connectivity index (χ1) is 11.1. The summed E-state index contributed by atoms with van der Waals surface area (Å²) in [6, 6.07) is 4.71. The highest BCUT2D eigenvalue weighted by atomic mass is 35.5. The number of amides is 1. The Morgan fingerprint density at radius 3 is 2.65 bits per heavy atom. The Balaban J connectivity index is 2.67. The summed E-state index contributed by atoms with van der Waals surface area (Å²) in [5, 5.41) is 3.27. The van der Waals surface area contributed by atoms with Crippen LogP contribution in [0.15, 0.2) is 23.2 Å². The average molecular weight is 363 g/mol. The van der Waals surface area contributed by atoms with Gasteiger partial charge >= 0.3 is 0 Å². The van der Waals surface area contributed by atoms with Gasteiger partial charge in [0.15, 0.2) is 0 Å². The van der Waals surface area contributed by atoms with Crippen molar-refractivity contribution in [2.45, 2.75) is 6.92 Å². The third-order valence-corrected chi connectivity index (χ3v) is 3.36. The molecular weight excluding hydrogens is 343 g/mol. The van der Waals surface area contributed by atoms with E-state index in [1.54, 1.807) is 19.2 Å². The lowest BCUT2D eigenvalue weighted by atomic mass is 10.2. The summed E-state index contributed by atoms with van der Waals surface area (Å²) in [5.41, 5.74) is 0.354. The van der Waals surface area contributed by atoms with Crippen molar-refractivity contribution in [3.8, 4) is 0 Å². The molecule has 0 bridgehead atoms. The van der Waals surface area contributed by atoms with Crippen molar-refractivity contribution in [3.05, 3.63) is 33.8 Å². The summed E-state index contributed by atoms with van der Waals surface area (Å²) in [6.45, 7) is 3.95. The SMILES string of the molecule is CCOCCOC(=NCCOC)NC(=O)c1ccc(Cl)c(Cl)c1. The number of halogens is 2. The second-order valence-corrected chi connectivity index (χ2v) is 5.12. The van der Waals surface area contributed by atoms with E-state index >= 15 is 0 Å².